The number of carboxylic acid groups (broad SMARTS) is 1. The van der Waals surface area contributed by atoms with E-state index >= 15 is 0 Å². The second-order valence-electron chi connectivity index (χ2n) is 6.21. The van der Waals surface area contributed by atoms with Crippen molar-refractivity contribution in [3.8, 4) is 5.75 Å². The summed E-state index contributed by atoms with van der Waals surface area (Å²) in [5.41, 5.74) is -2.06. The van der Waals surface area contributed by atoms with Gasteiger partial charge in [0, 0.05) is 13.1 Å². The molecule has 2 aliphatic rings. The number of hydrogen-bond acceptors (Lipinski definition) is 3. The number of alkyl halides is 3. The van der Waals surface area contributed by atoms with Crippen molar-refractivity contribution in [2.45, 2.75) is 19.0 Å². The number of halogens is 3. The number of benzene rings is 1. The smallest absolute Gasteiger partial charge is 0.406 e. The fourth-order valence-electron chi connectivity index (χ4n) is 3.27. The fraction of sp³-hybridized carbons (Fsp3) is 0.500. The minimum Gasteiger partial charge on any atom is -0.492 e. The predicted octanol–water partition coefficient (Wildman–Crippen LogP) is 2.10. The molecule has 0 bridgehead atoms. The number of carbonyl (C=O) groups excluding carboxylic acids is 1. The Morgan fingerprint density at radius 3 is 2.62 bits per heavy atom. The molecule has 1 saturated heterocycles. The zero-order valence-electron chi connectivity index (χ0n) is 12.7. The van der Waals surface area contributed by atoms with Crippen molar-refractivity contribution < 1.29 is 32.6 Å². The quantitative estimate of drug-likeness (QED) is 0.893. The van der Waals surface area contributed by atoms with Gasteiger partial charge in [-0.15, -0.1) is 0 Å². The molecule has 130 valence electrons. The van der Waals surface area contributed by atoms with Crippen molar-refractivity contribution in [2.75, 3.05) is 19.7 Å². The minimum atomic E-state index is -4.90. The van der Waals surface area contributed by atoms with Crippen LogP contribution in [0.25, 0.3) is 0 Å². The van der Waals surface area contributed by atoms with E-state index in [1.165, 1.54) is 0 Å². The molecule has 0 aromatic heterocycles. The molecule has 2 unspecified atom stereocenters. The van der Waals surface area contributed by atoms with E-state index in [0.717, 1.165) is 10.5 Å². The molecule has 8 heteroatoms. The standard InChI is InChI=1S/C16H16F3NO4/c17-16(18,19)15(14(22)23)5-6-20(9-15)13(21)11-7-10-3-1-2-4-12(10)24-8-11/h1-4,11H,5-9H2,(H,22,23). The number of aliphatic carboxylic acids is 1. The van der Waals surface area contributed by atoms with Gasteiger partial charge >= 0.3 is 12.1 Å². The number of rotatable bonds is 2. The highest BCUT2D eigenvalue weighted by molar-refractivity contribution is 5.83. The first kappa shape index (κ1) is 16.6. The number of para-hydroxylation sites is 1. The third kappa shape index (κ3) is 2.59. The van der Waals surface area contributed by atoms with Crippen LogP contribution in [0.3, 0.4) is 0 Å². The summed E-state index contributed by atoms with van der Waals surface area (Å²) in [4.78, 5) is 24.7. The summed E-state index contributed by atoms with van der Waals surface area (Å²) in [6.45, 7) is -0.982. The molecule has 24 heavy (non-hydrogen) atoms. The van der Waals surface area contributed by atoms with Gasteiger partial charge in [0.2, 0.25) is 5.91 Å². The number of amides is 1. The molecule has 0 aliphatic carbocycles. The summed E-state index contributed by atoms with van der Waals surface area (Å²) >= 11 is 0. The van der Waals surface area contributed by atoms with Crippen LogP contribution >= 0.6 is 0 Å². The first-order valence-electron chi connectivity index (χ1n) is 7.54. The number of likely N-dealkylation sites (tertiary alicyclic amines) is 1. The van der Waals surface area contributed by atoms with Crippen LogP contribution in [0.4, 0.5) is 13.2 Å². The number of fused-ring (bicyclic) bond motifs is 1. The van der Waals surface area contributed by atoms with E-state index < -0.39 is 42.4 Å². The maximum Gasteiger partial charge on any atom is 0.406 e. The van der Waals surface area contributed by atoms with Crippen LogP contribution in [-0.2, 0) is 16.0 Å². The molecular formula is C16H16F3NO4. The molecule has 3 rings (SSSR count). The molecule has 2 heterocycles. The Morgan fingerprint density at radius 1 is 1.29 bits per heavy atom. The number of carbonyl (C=O) groups is 2. The first-order chi connectivity index (χ1) is 11.2. The molecule has 2 atom stereocenters. The van der Waals surface area contributed by atoms with Gasteiger partial charge in [-0.25, -0.2) is 0 Å². The van der Waals surface area contributed by atoms with Gasteiger partial charge in [-0.05, 0) is 24.5 Å². The highest BCUT2D eigenvalue weighted by Gasteiger charge is 2.64. The van der Waals surface area contributed by atoms with Gasteiger partial charge in [-0.2, -0.15) is 13.2 Å². The van der Waals surface area contributed by atoms with Crippen LogP contribution in [-0.4, -0.2) is 47.8 Å². The maximum absolute atomic E-state index is 13.2. The molecule has 0 spiro atoms. The Kier molecular flexibility index (Phi) is 3.93. The fourth-order valence-corrected chi connectivity index (χ4v) is 3.27. The van der Waals surface area contributed by atoms with E-state index in [4.69, 9.17) is 9.84 Å². The van der Waals surface area contributed by atoms with Gasteiger partial charge < -0.3 is 14.7 Å². The van der Waals surface area contributed by atoms with Gasteiger partial charge in [-0.3, -0.25) is 9.59 Å². The van der Waals surface area contributed by atoms with Crippen LogP contribution in [0.2, 0.25) is 0 Å². The van der Waals surface area contributed by atoms with Crippen molar-refractivity contribution in [1.82, 2.24) is 4.90 Å². The third-order valence-electron chi connectivity index (χ3n) is 4.76. The lowest BCUT2D eigenvalue weighted by atomic mass is 9.86. The molecule has 1 N–H and O–H groups in total. The van der Waals surface area contributed by atoms with Gasteiger partial charge in [0.25, 0.3) is 0 Å². The lowest BCUT2D eigenvalue weighted by molar-refractivity contribution is -0.227. The Morgan fingerprint density at radius 2 is 2.00 bits per heavy atom. The number of nitrogens with zero attached hydrogens (tertiary/aromatic N) is 1. The normalized spacial score (nSPS) is 26.6. The minimum absolute atomic E-state index is 0.0818. The van der Waals surface area contributed by atoms with Gasteiger partial charge in [0.05, 0.1) is 5.92 Å². The Labute approximate surface area is 136 Å². The van der Waals surface area contributed by atoms with E-state index in [-0.39, 0.29) is 13.2 Å². The molecule has 0 saturated carbocycles. The summed E-state index contributed by atoms with van der Waals surface area (Å²) in [5, 5.41) is 9.06. The van der Waals surface area contributed by atoms with Crippen molar-refractivity contribution >= 4 is 11.9 Å². The van der Waals surface area contributed by atoms with Crippen LogP contribution in [0, 0.1) is 11.3 Å². The van der Waals surface area contributed by atoms with Crippen molar-refractivity contribution in [1.29, 1.82) is 0 Å². The highest BCUT2D eigenvalue weighted by Crippen LogP contribution is 2.46. The van der Waals surface area contributed by atoms with Crippen LogP contribution in [0.1, 0.15) is 12.0 Å². The van der Waals surface area contributed by atoms with Gasteiger partial charge in [-0.1, -0.05) is 18.2 Å². The second kappa shape index (κ2) is 5.68. The largest absolute Gasteiger partial charge is 0.492 e. The molecule has 5 nitrogen and oxygen atoms in total. The molecule has 0 radical (unpaired) electrons. The van der Waals surface area contributed by atoms with E-state index in [0.29, 0.717) is 12.2 Å². The van der Waals surface area contributed by atoms with E-state index in [1.807, 2.05) is 0 Å². The molecule has 2 aliphatic heterocycles. The Hall–Kier alpha value is -2.25. The van der Waals surface area contributed by atoms with Crippen molar-refractivity contribution in [3.05, 3.63) is 29.8 Å². The van der Waals surface area contributed by atoms with Crippen molar-refractivity contribution in [2.24, 2.45) is 11.3 Å². The summed E-state index contributed by atoms with van der Waals surface area (Å²) in [6, 6.07) is 7.16. The average Bonchev–Trinajstić information content (AvgIpc) is 3.00. The number of ether oxygens (including phenoxy) is 1. The zero-order chi connectivity index (χ0) is 17.5. The summed E-state index contributed by atoms with van der Waals surface area (Å²) in [5.74, 6) is -2.36. The summed E-state index contributed by atoms with van der Waals surface area (Å²) in [7, 11) is 0. The topological polar surface area (TPSA) is 66.8 Å². The SMILES string of the molecule is O=C(C1COc2ccccc2C1)N1CCC(C(=O)O)(C(F)(F)F)C1. The van der Waals surface area contributed by atoms with Gasteiger partial charge in [0.1, 0.15) is 12.4 Å². The monoisotopic (exact) mass is 343 g/mol. The predicted molar refractivity (Wildman–Crippen MR) is 76.5 cm³/mol. The Balaban J connectivity index is 1.75. The number of carboxylic acids is 1. The molecule has 1 amide bonds. The molecular weight excluding hydrogens is 327 g/mol. The van der Waals surface area contributed by atoms with Crippen molar-refractivity contribution in [3.63, 3.8) is 0 Å². The molecule has 1 aromatic rings. The zero-order valence-corrected chi connectivity index (χ0v) is 12.7. The summed E-state index contributed by atoms with van der Waals surface area (Å²) < 4.78 is 45.1. The Bertz CT molecular complexity index is 676. The third-order valence-corrected chi connectivity index (χ3v) is 4.76. The molecule has 1 fully saturated rings. The van der Waals surface area contributed by atoms with E-state index in [9.17, 15) is 22.8 Å². The first-order valence-corrected chi connectivity index (χ1v) is 7.54. The maximum atomic E-state index is 13.2. The highest BCUT2D eigenvalue weighted by atomic mass is 19.4. The lowest BCUT2D eigenvalue weighted by Crippen LogP contribution is -2.49. The average molecular weight is 343 g/mol. The molecule has 1 aromatic carbocycles. The second-order valence-corrected chi connectivity index (χ2v) is 6.21. The number of hydrogen-bond donors (Lipinski definition) is 1. The lowest BCUT2D eigenvalue weighted by Gasteiger charge is -2.30. The van der Waals surface area contributed by atoms with Crippen LogP contribution in [0.5, 0.6) is 5.75 Å². The summed E-state index contributed by atoms with van der Waals surface area (Å²) in [6.07, 6.45) is -5.15. The van der Waals surface area contributed by atoms with Crippen LogP contribution in [0.15, 0.2) is 24.3 Å². The van der Waals surface area contributed by atoms with E-state index in [2.05, 4.69) is 0 Å². The van der Waals surface area contributed by atoms with Gasteiger partial charge in [0.15, 0.2) is 5.41 Å². The van der Waals surface area contributed by atoms with E-state index in [1.54, 1.807) is 24.3 Å². The van der Waals surface area contributed by atoms with Crippen LogP contribution < -0.4 is 4.74 Å².